The Morgan fingerprint density at radius 2 is 1.97 bits per heavy atom. The van der Waals surface area contributed by atoms with Gasteiger partial charge in [-0.15, -0.1) is 0 Å². The second kappa shape index (κ2) is 10.6. The minimum Gasteiger partial charge on any atom is -0.497 e. The maximum Gasteiger partial charge on any atom is 0.267 e. The highest BCUT2D eigenvalue weighted by Gasteiger charge is 2.42. The summed E-state index contributed by atoms with van der Waals surface area (Å²) in [6.45, 7) is 2.87. The van der Waals surface area contributed by atoms with Crippen molar-refractivity contribution in [2.75, 3.05) is 33.1 Å². The van der Waals surface area contributed by atoms with Crippen LogP contribution in [-0.2, 0) is 11.3 Å². The number of aryl methyl sites for hydroxylation is 1. The summed E-state index contributed by atoms with van der Waals surface area (Å²) in [5.74, 6) is 7.79. The number of nitrogens with one attached hydrogen (secondary N) is 1. The minimum atomic E-state index is -1.66. The van der Waals surface area contributed by atoms with Gasteiger partial charge in [0, 0.05) is 49.3 Å². The summed E-state index contributed by atoms with van der Waals surface area (Å²) in [6, 6.07) is 11.2. The van der Waals surface area contributed by atoms with E-state index >= 15 is 0 Å². The normalized spacial score (nSPS) is 16.6. The molecule has 0 bridgehead atoms. The molecular weight excluding hydrogens is 496 g/mol. The van der Waals surface area contributed by atoms with Crippen LogP contribution >= 0.6 is 0 Å². The molecule has 10 nitrogen and oxygen atoms in total. The number of likely N-dealkylation sites (N-methyl/N-ethyl adjacent to an activating group) is 1. The molecular formula is C29H28N6O4. The fourth-order valence-corrected chi connectivity index (χ4v) is 4.38. The number of amides is 1. The van der Waals surface area contributed by atoms with Crippen molar-refractivity contribution in [3.8, 4) is 34.7 Å². The Hall–Kier alpha value is -4.75. The van der Waals surface area contributed by atoms with E-state index in [0.717, 1.165) is 16.7 Å². The first-order valence-corrected chi connectivity index (χ1v) is 12.4. The minimum absolute atomic E-state index is 0.278. The number of hydrogen-bond acceptors (Lipinski definition) is 9. The Morgan fingerprint density at radius 1 is 1.13 bits per heavy atom. The lowest BCUT2D eigenvalue weighted by molar-refractivity contribution is -0.137. The summed E-state index contributed by atoms with van der Waals surface area (Å²) in [5, 5.41) is 14.0. The standard InChI is InChI=1S/C29H28N6O4/c1-18-5-6-19(9-10-29(37)11-12-35(2)28(29)36)13-22(18)26-31-16-23-25(34-26)27(33-17-32-23)30-15-20-7-8-21(38-3)14-24(20)39-4/h5-8,13-14,16-17,37H,11-12,15H2,1-4H3,(H,30,32,33)/t29-/m0/s1. The molecule has 4 aromatic rings. The third kappa shape index (κ3) is 5.17. The number of nitrogens with zero attached hydrogens (tertiary/aromatic N) is 5. The van der Waals surface area contributed by atoms with Crippen LogP contribution in [0.15, 0.2) is 48.9 Å². The Bertz CT molecular complexity index is 1630. The summed E-state index contributed by atoms with van der Waals surface area (Å²) >= 11 is 0. The molecule has 1 atom stereocenters. The maximum atomic E-state index is 12.3. The molecule has 1 saturated heterocycles. The molecule has 0 spiro atoms. The van der Waals surface area contributed by atoms with Gasteiger partial charge in [0.2, 0.25) is 5.60 Å². The van der Waals surface area contributed by atoms with Crippen molar-refractivity contribution in [3.63, 3.8) is 0 Å². The van der Waals surface area contributed by atoms with Gasteiger partial charge in [-0.3, -0.25) is 4.79 Å². The second-order valence-corrected chi connectivity index (χ2v) is 9.30. The van der Waals surface area contributed by atoms with Crippen LogP contribution in [0.1, 0.15) is 23.1 Å². The number of benzene rings is 2. The Labute approximate surface area is 226 Å². The van der Waals surface area contributed by atoms with Crippen LogP contribution in [-0.4, -0.2) is 69.3 Å². The summed E-state index contributed by atoms with van der Waals surface area (Å²) in [6.07, 6.45) is 3.40. The van der Waals surface area contributed by atoms with Crippen molar-refractivity contribution < 1.29 is 19.4 Å². The Balaban J connectivity index is 1.45. The van der Waals surface area contributed by atoms with E-state index in [2.05, 4.69) is 32.1 Å². The van der Waals surface area contributed by atoms with Crippen molar-refractivity contribution in [3.05, 3.63) is 65.6 Å². The number of methoxy groups -OCH3 is 2. The highest BCUT2D eigenvalue weighted by atomic mass is 16.5. The van der Waals surface area contributed by atoms with E-state index in [-0.39, 0.29) is 12.3 Å². The second-order valence-electron chi connectivity index (χ2n) is 9.30. The molecule has 2 N–H and O–H groups in total. The van der Waals surface area contributed by atoms with Crippen LogP contribution in [0, 0.1) is 18.8 Å². The molecule has 198 valence electrons. The van der Waals surface area contributed by atoms with Crippen LogP contribution in [0.5, 0.6) is 11.5 Å². The van der Waals surface area contributed by atoms with Crippen molar-refractivity contribution in [2.24, 2.45) is 0 Å². The van der Waals surface area contributed by atoms with Gasteiger partial charge in [-0.25, -0.2) is 19.9 Å². The first kappa shape index (κ1) is 25.9. The van der Waals surface area contributed by atoms with Crippen molar-refractivity contribution in [1.29, 1.82) is 0 Å². The number of aliphatic hydroxyl groups is 1. The van der Waals surface area contributed by atoms with Gasteiger partial charge >= 0.3 is 0 Å². The Kier molecular flexibility index (Phi) is 7.00. The number of hydrogen-bond donors (Lipinski definition) is 2. The smallest absolute Gasteiger partial charge is 0.267 e. The lowest BCUT2D eigenvalue weighted by Crippen LogP contribution is -2.37. The predicted octanol–water partition coefficient (Wildman–Crippen LogP) is 2.97. The molecule has 0 aliphatic carbocycles. The highest BCUT2D eigenvalue weighted by molar-refractivity contribution is 5.90. The number of aromatic nitrogens is 4. The van der Waals surface area contributed by atoms with Gasteiger partial charge in [0.1, 0.15) is 28.9 Å². The lowest BCUT2D eigenvalue weighted by Gasteiger charge is -2.13. The number of rotatable bonds is 6. The quantitative estimate of drug-likeness (QED) is 0.367. The number of ether oxygens (including phenoxy) is 2. The largest absolute Gasteiger partial charge is 0.497 e. The fourth-order valence-electron chi connectivity index (χ4n) is 4.38. The topological polar surface area (TPSA) is 123 Å². The molecule has 39 heavy (non-hydrogen) atoms. The number of anilines is 1. The van der Waals surface area contributed by atoms with E-state index in [1.54, 1.807) is 27.5 Å². The summed E-state index contributed by atoms with van der Waals surface area (Å²) in [7, 11) is 4.88. The van der Waals surface area contributed by atoms with E-state index < -0.39 is 5.60 Å². The molecule has 1 amide bonds. The Morgan fingerprint density at radius 3 is 2.72 bits per heavy atom. The average molecular weight is 525 g/mol. The lowest BCUT2D eigenvalue weighted by atomic mass is 10.0. The molecule has 1 aliphatic heterocycles. The number of likely N-dealkylation sites (tertiary alicyclic amines) is 1. The van der Waals surface area contributed by atoms with Crippen molar-refractivity contribution in [1.82, 2.24) is 24.8 Å². The van der Waals surface area contributed by atoms with Crippen molar-refractivity contribution in [2.45, 2.75) is 25.5 Å². The van der Waals surface area contributed by atoms with Gasteiger partial charge in [0.05, 0.1) is 20.4 Å². The van der Waals surface area contributed by atoms with Crippen LogP contribution in [0.2, 0.25) is 0 Å². The molecule has 5 rings (SSSR count). The van der Waals surface area contributed by atoms with Crippen LogP contribution in [0.3, 0.4) is 0 Å². The van der Waals surface area contributed by atoms with E-state index in [1.165, 1.54) is 11.2 Å². The van der Waals surface area contributed by atoms with E-state index in [1.807, 2.05) is 43.3 Å². The number of carbonyl (C=O) groups excluding carboxylic acids is 1. The van der Waals surface area contributed by atoms with Gasteiger partial charge in [0.25, 0.3) is 5.91 Å². The molecule has 3 heterocycles. The third-order valence-corrected chi connectivity index (χ3v) is 6.72. The first-order valence-electron chi connectivity index (χ1n) is 12.4. The molecule has 2 aromatic heterocycles. The molecule has 0 unspecified atom stereocenters. The van der Waals surface area contributed by atoms with Crippen LogP contribution in [0.4, 0.5) is 5.82 Å². The SMILES string of the molecule is COc1ccc(CNc2ncnc3cnc(-c4cc(C#C[C@]5(O)CCN(C)C5=O)ccc4C)nc23)c(OC)c1. The summed E-state index contributed by atoms with van der Waals surface area (Å²) in [4.78, 5) is 31.8. The molecule has 10 heteroatoms. The zero-order valence-corrected chi connectivity index (χ0v) is 22.1. The van der Waals surface area contributed by atoms with E-state index in [9.17, 15) is 9.90 Å². The van der Waals surface area contributed by atoms with E-state index in [0.29, 0.717) is 52.8 Å². The zero-order valence-electron chi connectivity index (χ0n) is 22.1. The van der Waals surface area contributed by atoms with Gasteiger partial charge in [-0.1, -0.05) is 17.9 Å². The predicted molar refractivity (Wildman–Crippen MR) is 146 cm³/mol. The number of carbonyl (C=O) groups is 1. The molecule has 0 radical (unpaired) electrons. The van der Waals surface area contributed by atoms with Crippen LogP contribution < -0.4 is 14.8 Å². The third-order valence-electron chi connectivity index (χ3n) is 6.72. The first-order chi connectivity index (χ1) is 18.8. The van der Waals surface area contributed by atoms with Crippen molar-refractivity contribution >= 4 is 22.8 Å². The monoisotopic (exact) mass is 524 g/mol. The highest BCUT2D eigenvalue weighted by Crippen LogP contribution is 2.28. The molecule has 1 fully saturated rings. The number of fused-ring (bicyclic) bond motifs is 1. The molecule has 1 aliphatic rings. The fraction of sp³-hybridized carbons (Fsp3) is 0.276. The maximum absolute atomic E-state index is 12.3. The summed E-state index contributed by atoms with van der Waals surface area (Å²) < 4.78 is 10.8. The molecule has 0 saturated carbocycles. The average Bonchev–Trinajstić information content (AvgIpc) is 3.22. The van der Waals surface area contributed by atoms with Gasteiger partial charge in [-0.05, 0) is 36.8 Å². The van der Waals surface area contributed by atoms with Crippen LogP contribution in [0.25, 0.3) is 22.4 Å². The molecule has 2 aromatic carbocycles. The zero-order chi connectivity index (χ0) is 27.6. The van der Waals surface area contributed by atoms with Gasteiger partial charge in [-0.2, -0.15) is 0 Å². The summed E-state index contributed by atoms with van der Waals surface area (Å²) in [5.41, 5.74) is 2.79. The van der Waals surface area contributed by atoms with E-state index in [4.69, 9.17) is 14.5 Å². The van der Waals surface area contributed by atoms with Gasteiger partial charge < -0.3 is 24.8 Å². The van der Waals surface area contributed by atoms with Gasteiger partial charge in [0.15, 0.2) is 11.6 Å².